The number of amides is 1. The van der Waals surface area contributed by atoms with E-state index in [0.29, 0.717) is 28.5 Å². The third kappa shape index (κ3) is 3.30. The van der Waals surface area contributed by atoms with E-state index in [4.69, 9.17) is 0 Å². The van der Waals surface area contributed by atoms with Gasteiger partial charge in [-0.1, -0.05) is 29.8 Å². The number of para-hydroxylation sites is 1. The molecule has 1 atom stereocenters. The van der Waals surface area contributed by atoms with Crippen LogP contribution in [0.15, 0.2) is 60.1 Å². The van der Waals surface area contributed by atoms with Crippen molar-refractivity contribution in [2.24, 2.45) is 0 Å². The second-order valence-electron chi connectivity index (χ2n) is 7.18. The van der Waals surface area contributed by atoms with Crippen LogP contribution in [0.2, 0.25) is 0 Å². The molecular formula is C21H20N6O3. The number of aryl methyl sites for hydroxylation is 2. The van der Waals surface area contributed by atoms with Crippen molar-refractivity contribution >= 4 is 23.2 Å². The van der Waals surface area contributed by atoms with Crippen molar-refractivity contribution in [1.29, 1.82) is 0 Å². The largest absolute Gasteiger partial charge is 0.328 e. The van der Waals surface area contributed by atoms with Crippen LogP contribution < -0.4 is 10.6 Å². The van der Waals surface area contributed by atoms with Crippen molar-refractivity contribution in [3.63, 3.8) is 0 Å². The average molecular weight is 404 g/mol. The minimum atomic E-state index is -0.795. The van der Waals surface area contributed by atoms with E-state index in [9.17, 15) is 14.9 Å². The first kappa shape index (κ1) is 19.3. The lowest BCUT2D eigenvalue weighted by atomic mass is 9.93. The van der Waals surface area contributed by atoms with Crippen LogP contribution in [-0.4, -0.2) is 25.6 Å². The lowest BCUT2D eigenvalue weighted by Crippen LogP contribution is -2.32. The molecule has 3 aromatic rings. The fourth-order valence-corrected chi connectivity index (χ4v) is 3.70. The summed E-state index contributed by atoms with van der Waals surface area (Å²) in [4.78, 5) is 28.7. The number of allylic oxidation sites excluding steroid dienone is 1. The highest BCUT2D eigenvalue weighted by Crippen LogP contribution is 2.39. The van der Waals surface area contributed by atoms with Gasteiger partial charge in [0, 0.05) is 17.5 Å². The van der Waals surface area contributed by atoms with E-state index in [1.807, 2.05) is 32.0 Å². The summed E-state index contributed by atoms with van der Waals surface area (Å²) in [6.07, 6.45) is 1.35. The first-order valence-electron chi connectivity index (χ1n) is 9.36. The molecule has 1 aliphatic rings. The van der Waals surface area contributed by atoms with E-state index < -0.39 is 11.0 Å². The van der Waals surface area contributed by atoms with Crippen LogP contribution in [0.4, 0.5) is 17.3 Å². The van der Waals surface area contributed by atoms with Crippen LogP contribution in [0.5, 0.6) is 0 Å². The Morgan fingerprint density at radius 3 is 2.70 bits per heavy atom. The lowest BCUT2D eigenvalue weighted by molar-refractivity contribution is -0.385. The van der Waals surface area contributed by atoms with Crippen molar-refractivity contribution in [1.82, 2.24) is 14.8 Å². The van der Waals surface area contributed by atoms with E-state index in [0.717, 1.165) is 11.1 Å². The molecule has 0 fully saturated rings. The highest BCUT2D eigenvalue weighted by molar-refractivity contribution is 6.06. The lowest BCUT2D eigenvalue weighted by Gasteiger charge is -2.28. The van der Waals surface area contributed by atoms with Crippen LogP contribution in [0.25, 0.3) is 0 Å². The maximum atomic E-state index is 13.4. The van der Waals surface area contributed by atoms with Gasteiger partial charge in [0.05, 0.1) is 16.1 Å². The van der Waals surface area contributed by atoms with Gasteiger partial charge >= 0.3 is 0 Å². The van der Waals surface area contributed by atoms with Crippen LogP contribution in [-0.2, 0) is 4.79 Å². The predicted molar refractivity (Wildman–Crippen MR) is 112 cm³/mol. The highest BCUT2D eigenvalue weighted by Gasteiger charge is 2.37. The van der Waals surface area contributed by atoms with Gasteiger partial charge in [-0.2, -0.15) is 10.1 Å². The summed E-state index contributed by atoms with van der Waals surface area (Å²) < 4.78 is 1.49. The Bertz CT molecular complexity index is 1200. The number of carbonyl (C=O) groups excluding carboxylic acids is 1. The molecule has 30 heavy (non-hydrogen) atoms. The van der Waals surface area contributed by atoms with Crippen molar-refractivity contribution in [3.8, 4) is 0 Å². The summed E-state index contributed by atoms with van der Waals surface area (Å²) in [5.74, 6) is 0.0509. The zero-order chi connectivity index (χ0) is 21.4. The molecule has 152 valence electrons. The summed E-state index contributed by atoms with van der Waals surface area (Å²) in [6.45, 7) is 5.64. The minimum absolute atomic E-state index is 0.0875. The quantitative estimate of drug-likeness (QED) is 0.506. The molecule has 0 saturated carbocycles. The summed E-state index contributed by atoms with van der Waals surface area (Å²) in [5.41, 5.74) is 3.86. The molecule has 0 aliphatic carbocycles. The van der Waals surface area contributed by atoms with Gasteiger partial charge in [-0.3, -0.25) is 14.9 Å². The second-order valence-corrected chi connectivity index (χ2v) is 7.18. The van der Waals surface area contributed by atoms with Gasteiger partial charge in [-0.05, 0) is 38.5 Å². The number of hydrogen-bond acceptors (Lipinski definition) is 6. The average Bonchev–Trinajstić information content (AvgIpc) is 3.16. The van der Waals surface area contributed by atoms with Crippen LogP contribution in [0.3, 0.4) is 0 Å². The molecule has 1 aromatic heterocycles. The van der Waals surface area contributed by atoms with Crippen molar-refractivity contribution < 1.29 is 9.72 Å². The van der Waals surface area contributed by atoms with Gasteiger partial charge in [0.25, 0.3) is 11.6 Å². The van der Waals surface area contributed by atoms with E-state index >= 15 is 0 Å². The van der Waals surface area contributed by atoms with Crippen LogP contribution in [0, 0.1) is 24.0 Å². The molecule has 0 spiro atoms. The van der Waals surface area contributed by atoms with Crippen molar-refractivity contribution in [3.05, 3.63) is 86.9 Å². The number of nitro benzene ring substituents is 1. The number of nitrogens with zero attached hydrogens (tertiary/aromatic N) is 4. The fourth-order valence-electron chi connectivity index (χ4n) is 3.70. The number of fused-ring (bicyclic) bond motifs is 1. The number of carbonyl (C=O) groups is 1. The molecule has 9 heteroatoms. The molecule has 9 nitrogen and oxygen atoms in total. The van der Waals surface area contributed by atoms with E-state index in [2.05, 4.69) is 20.7 Å². The monoisotopic (exact) mass is 404 g/mol. The summed E-state index contributed by atoms with van der Waals surface area (Å²) in [6, 6.07) is 11.3. The zero-order valence-corrected chi connectivity index (χ0v) is 16.7. The molecule has 0 saturated heterocycles. The van der Waals surface area contributed by atoms with Gasteiger partial charge in [-0.25, -0.2) is 4.68 Å². The van der Waals surface area contributed by atoms with Gasteiger partial charge in [0.15, 0.2) is 0 Å². The normalized spacial score (nSPS) is 15.4. The number of anilines is 2. The number of hydrogen-bond donors (Lipinski definition) is 2. The summed E-state index contributed by atoms with van der Waals surface area (Å²) >= 11 is 0. The Hall–Kier alpha value is -4.01. The predicted octanol–water partition coefficient (Wildman–Crippen LogP) is 3.73. The van der Waals surface area contributed by atoms with E-state index in [-0.39, 0.29) is 11.6 Å². The van der Waals surface area contributed by atoms with Crippen molar-refractivity contribution in [2.45, 2.75) is 26.8 Å². The molecule has 1 unspecified atom stereocenters. The molecule has 2 N–H and O–H groups in total. The van der Waals surface area contributed by atoms with Crippen LogP contribution in [0.1, 0.15) is 29.7 Å². The Kier molecular flexibility index (Phi) is 4.78. The van der Waals surface area contributed by atoms with Crippen molar-refractivity contribution in [2.75, 3.05) is 10.6 Å². The number of nitro groups is 1. The summed E-state index contributed by atoms with van der Waals surface area (Å²) in [5, 5.41) is 21.9. The van der Waals surface area contributed by atoms with Gasteiger partial charge < -0.3 is 10.6 Å². The maximum absolute atomic E-state index is 13.4. The Morgan fingerprint density at radius 1 is 1.20 bits per heavy atom. The number of aromatic nitrogens is 3. The minimum Gasteiger partial charge on any atom is -0.328 e. The van der Waals surface area contributed by atoms with Gasteiger partial charge in [0.2, 0.25) is 5.95 Å². The van der Waals surface area contributed by atoms with Crippen LogP contribution >= 0.6 is 0 Å². The number of rotatable bonds is 4. The fraction of sp³-hybridized carbons (Fsp3) is 0.190. The highest BCUT2D eigenvalue weighted by atomic mass is 16.6. The summed E-state index contributed by atoms with van der Waals surface area (Å²) in [7, 11) is 0. The Balaban J connectivity index is 1.82. The number of benzene rings is 2. The number of nitrogens with one attached hydrogen (secondary N) is 2. The topological polar surface area (TPSA) is 115 Å². The smallest absolute Gasteiger partial charge is 0.275 e. The van der Waals surface area contributed by atoms with E-state index in [1.54, 1.807) is 25.1 Å². The third-order valence-corrected chi connectivity index (χ3v) is 5.10. The molecule has 2 heterocycles. The van der Waals surface area contributed by atoms with E-state index in [1.165, 1.54) is 17.1 Å². The zero-order valence-electron chi connectivity index (χ0n) is 16.7. The SMILES string of the molecule is CC1=C(C(=O)Nc2ccc(C)cc2C)C(c2ccccc2[N+](=O)[O-])n2ncnc2N1. The molecule has 1 aliphatic heterocycles. The molecule has 0 radical (unpaired) electrons. The molecular weight excluding hydrogens is 384 g/mol. The second kappa shape index (κ2) is 7.43. The molecule has 0 bridgehead atoms. The maximum Gasteiger partial charge on any atom is 0.275 e. The first-order chi connectivity index (χ1) is 14.4. The first-order valence-corrected chi connectivity index (χ1v) is 9.36. The Labute approximate surface area is 172 Å². The standard InChI is InChI=1S/C21H20N6O3/c1-12-8-9-16(13(2)10-12)25-20(28)18-14(3)24-21-22-11-23-26(21)19(18)15-6-4-5-7-17(15)27(29)30/h4-11,19H,1-3H3,(H,25,28)(H,22,23,24). The van der Waals surface area contributed by atoms with Gasteiger partial charge in [0.1, 0.15) is 12.4 Å². The Morgan fingerprint density at radius 2 is 1.97 bits per heavy atom. The third-order valence-electron chi connectivity index (χ3n) is 5.10. The molecule has 4 rings (SSSR count). The molecule has 2 aromatic carbocycles. The molecule has 1 amide bonds. The van der Waals surface area contributed by atoms with Gasteiger partial charge in [-0.15, -0.1) is 0 Å².